The lowest BCUT2D eigenvalue weighted by molar-refractivity contribution is 0.229. The average molecular weight is 324 g/mol. The second-order valence-electron chi connectivity index (χ2n) is 5.40. The number of ether oxygens (including phenoxy) is 1. The lowest BCUT2D eigenvalue weighted by Gasteiger charge is -2.25. The number of aromatic nitrogens is 2. The number of methoxy groups -OCH3 is 1. The number of hydrogen-bond acceptors (Lipinski definition) is 5. The van der Waals surface area contributed by atoms with Crippen LogP contribution < -0.4 is 4.74 Å². The highest BCUT2D eigenvalue weighted by atomic mass is 35.5. The molecule has 6 heteroatoms. The molecular weight excluding hydrogens is 302 g/mol. The molecule has 0 unspecified atom stereocenters. The van der Waals surface area contributed by atoms with E-state index >= 15 is 0 Å². The summed E-state index contributed by atoms with van der Waals surface area (Å²) >= 11 is 0. The molecule has 5 nitrogen and oxygen atoms in total. The van der Waals surface area contributed by atoms with Crippen LogP contribution in [0.2, 0.25) is 0 Å². The molecule has 2 aromatic rings. The highest BCUT2D eigenvalue weighted by molar-refractivity contribution is 5.85. The molecule has 1 fully saturated rings. The summed E-state index contributed by atoms with van der Waals surface area (Å²) in [5, 5.41) is 4.08. The molecule has 0 spiro atoms. The monoisotopic (exact) mass is 323 g/mol. The maximum Gasteiger partial charge on any atom is 0.257 e. The van der Waals surface area contributed by atoms with Crippen LogP contribution in [0.3, 0.4) is 0 Å². The number of hydrogen-bond donors (Lipinski definition) is 0. The van der Waals surface area contributed by atoms with Crippen molar-refractivity contribution in [2.24, 2.45) is 0 Å². The first-order valence-electron chi connectivity index (χ1n) is 7.54. The van der Waals surface area contributed by atoms with Gasteiger partial charge in [0.2, 0.25) is 0 Å². The van der Waals surface area contributed by atoms with E-state index in [-0.39, 0.29) is 12.4 Å². The zero-order chi connectivity index (χ0) is 14.5. The van der Waals surface area contributed by atoms with Gasteiger partial charge in [-0.3, -0.25) is 0 Å². The van der Waals surface area contributed by atoms with Crippen LogP contribution in [0.5, 0.6) is 5.75 Å². The van der Waals surface area contributed by atoms with Gasteiger partial charge in [-0.1, -0.05) is 11.6 Å². The number of benzene rings is 1. The molecule has 1 saturated heterocycles. The van der Waals surface area contributed by atoms with Crippen molar-refractivity contribution in [3.05, 3.63) is 30.1 Å². The Hall–Kier alpha value is -1.59. The fraction of sp³-hybridized carbons (Fsp3) is 0.500. The van der Waals surface area contributed by atoms with Crippen molar-refractivity contribution in [1.29, 1.82) is 0 Å². The predicted octanol–water partition coefficient (Wildman–Crippen LogP) is 3.20. The molecule has 1 aliphatic heterocycles. The minimum absolute atomic E-state index is 0. The molecule has 1 aliphatic rings. The van der Waals surface area contributed by atoms with Crippen molar-refractivity contribution < 1.29 is 9.26 Å². The molecule has 2 heterocycles. The van der Waals surface area contributed by atoms with Gasteiger partial charge in [0.15, 0.2) is 5.82 Å². The lowest BCUT2D eigenvalue weighted by Crippen LogP contribution is -2.31. The van der Waals surface area contributed by atoms with Crippen LogP contribution in [0.4, 0.5) is 0 Å². The molecule has 0 atom stereocenters. The summed E-state index contributed by atoms with van der Waals surface area (Å²) in [6.07, 6.45) is 4.83. The van der Waals surface area contributed by atoms with Crippen molar-refractivity contribution >= 4 is 12.4 Å². The third-order valence-electron chi connectivity index (χ3n) is 3.91. The van der Waals surface area contributed by atoms with Gasteiger partial charge in [-0.25, -0.2) is 0 Å². The fourth-order valence-corrected chi connectivity index (χ4v) is 2.65. The Morgan fingerprint density at radius 3 is 2.55 bits per heavy atom. The van der Waals surface area contributed by atoms with E-state index in [0.717, 1.165) is 30.1 Å². The maximum atomic E-state index is 5.34. The number of halogens is 1. The summed E-state index contributed by atoms with van der Waals surface area (Å²) in [7, 11) is 1.65. The normalized spacial score (nSPS) is 15.3. The van der Waals surface area contributed by atoms with Gasteiger partial charge in [0, 0.05) is 18.5 Å². The highest BCUT2D eigenvalue weighted by Gasteiger charge is 2.13. The summed E-state index contributed by atoms with van der Waals surface area (Å²) in [5.74, 6) is 2.18. The van der Waals surface area contributed by atoms with Gasteiger partial charge in [0.1, 0.15) is 5.75 Å². The topological polar surface area (TPSA) is 51.4 Å². The van der Waals surface area contributed by atoms with Gasteiger partial charge >= 0.3 is 0 Å². The van der Waals surface area contributed by atoms with Crippen LogP contribution in [0, 0.1) is 0 Å². The summed E-state index contributed by atoms with van der Waals surface area (Å²) in [4.78, 5) is 6.95. The van der Waals surface area contributed by atoms with Gasteiger partial charge in [-0.2, -0.15) is 4.98 Å². The van der Waals surface area contributed by atoms with Gasteiger partial charge in [0.25, 0.3) is 5.89 Å². The Bertz CT molecular complexity index is 565. The minimum Gasteiger partial charge on any atom is -0.497 e. The van der Waals surface area contributed by atoms with Crippen molar-refractivity contribution in [1.82, 2.24) is 15.0 Å². The molecule has 0 aliphatic carbocycles. The molecule has 22 heavy (non-hydrogen) atoms. The van der Waals surface area contributed by atoms with E-state index in [2.05, 4.69) is 15.0 Å². The zero-order valence-corrected chi connectivity index (χ0v) is 13.6. The summed E-state index contributed by atoms with van der Waals surface area (Å²) in [5.41, 5.74) is 0.924. The summed E-state index contributed by atoms with van der Waals surface area (Å²) in [6, 6.07) is 7.65. The van der Waals surface area contributed by atoms with Crippen molar-refractivity contribution in [2.75, 3.05) is 26.7 Å². The maximum absolute atomic E-state index is 5.34. The lowest BCUT2D eigenvalue weighted by atomic mass is 10.1. The van der Waals surface area contributed by atoms with Crippen LogP contribution in [0.25, 0.3) is 11.5 Å². The largest absolute Gasteiger partial charge is 0.497 e. The van der Waals surface area contributed by atoms with E-state index in [1.54, 1.807) is 7.11 Å². The Morgan fingerprint density at radius 1 is 1.14 bits per heavy atom. The third kappa shape index (κ3) is 4.21. The van der Waals surface area contributed by atoms with Gasteiger partial charge in [0.05, 0.1) is 7.11 Å². The highest BCUT2D eigenvalue weighted by Crippen LogP contribution is 2.20. The van der Waals surface area contributed by atoms with Crippen molar-refractivity contribution in [3.8, 4) is 17.2 Å². The molecule has 0 saturated carbocycles. The molecular formula is C16H22ClN3O2. The third-order valence-corrected chi connectivity index (χ3v) is 3.91. The molecule has 1 aromatic carbocycles. The number of nitrogens with zero attached hydrogens (tertiary/aromatic N) is 3. The van der Waals surface area contributed by atoms with E-state index in [4.69, 9.17) is 9.26 Å². The van der Waals surface area contributed by atoms with Crippen LogP contribution in [-0.4, -0.2) is 41.8 Å². The van der Waals surface area contributed by atoms with Gasteiger partial charge in [-0.05, 0) is 50.2 Å². The molecule has 3 rings (SSSR count). The fourth-order valence-electron chi connectivity index (χ4n) is 2.65. The van der Waals surface area contributed by atoms with Crippen molar-refractivity contribution in [3.63, 3.8) is 0 Å². The summed E-state index contributed by atoms with van der Waals surface area (Å²) < 4.78 is 10.5. The first-order chi connectivity index (χ1) is 10.3. The zero-order valence-electron chi connectivity index (χ0n) is 12.8. The minimum atomic E-state index is 0. The molecule has 0 radical (unpaired) electrons. The molecule has 1 aromatic heterocycles. The van der Waals surface area contributed by atoms with Crippen molar-refractivity contribution in [2.45, 2.75) is 25.7 Å². The van der Waals surface area contributed by atoms with Crippen LogP contribution in [-0.2, 0) is 6.42 Å². The van der Waals surface area contributed by atoms with Crippen LogP contribution >= 0.6 is 12.4 Å². The number of piperidine rings is 1. The average Bonchev–Trinajstić information content (AvgIpc) is 3.03. The molecule has 120 valence electrons. The van der Waals surface area contributed by atoms with E-state index in [1.807, 2.05) is 24.3 Å². The quantitative estimate of drug-likeness (QED) is 0.845. The van der Waals surface area contributed by atoms with E-state index in [0.29, 0.717) is 5.89 Å². The van der Waals surface area contributed by atoms with Gasteiger partial charge in [-0.15, -0.1) is 12.4 Å². The molecule has 0 amide bonds. The first kappa shape index (κ1) is 16.8. The second kappa shape index (κ2) is 8.15. The Morgan fingerprint density at radius 2 is 1.86 bits per heavy atom. The van der Waals surface area contributed by atoms with E-state index < -0.39 is 0 Å². The smallest absolute Gasteiger partial charge is 0.257 e. The number of likely N-dealkylation sites (tertiary alicyclic amines) is 1. The van der Waals surface area contributed by atoms with E-state index in [9.17, 15) is 0 Å². The molecule has 0 bridgehead atoms. The van der Waals surface area contributed by atoms with Crippen LogP contribution in [0.1, 0.15) is 25.1 Å². The second-order valence-corrected chi connectivity index (χ2v) is 5.40. The van der Waals surface area contributed by atoms with Crippen LogP contribution in [0.15, 0.2) is 28.8 Å². The predicted molar refractivity (Wildman–Crippen MR) is 87.5 cm³/mol. The number of rotatable bonds is 5. The summed E-state index contributed by atoms with van der Waals surface area (Å²) in [6.45, 7) is 3.41. The first-order valence-corrected chi connectivity index (χ1v) is 7.54. The van der Waals surface area contributed by atoms with Gasteiger partial charge < -0.3 is 14.2 Å². The molecule has 0 N–H and O–H groups in total. The Kier molecular flexibility index (Phi) is 6.21. The Balaban J connectivity index is 0.00000176. The van der Waals surface area contributed by atoms with E-state index in [1.165, 1.54) is 32.4 Å². The standard InChI is InChI=1S/C16H21N3O2.ClH/c1-20-14-7-5-13(6-8-14)16-17-15(18-21-16)9-12-19-10-3-2-4-11-19;/h5-8H,2-4,9-12H2,1H3;1H. The SMILES string of the molecule is COc1ccc(-c2nc(CCN3CCCCC3)no2)cc1.Cl. The Labute approximate surface area is 137 Å².